The number of hydrogen-bond donors (Lipinski definition) is 1. The first-order valence-corrected chi connectivity index (χ1v) is 7.59. The summed E-state index contributed by atoms with van der Waals surface area (Å²) in [6.07, 6.45) is 0.919. The van der Waals surface area contributed by atoms with Gasteiger partial charge in [-0.3, -0.25) is 0 Å². The largest absolute Gasteiger partial charge is 0.382 e. The number of halogens is 3. The van der Waals surface area contributed by atoms with Crippen LogP contribution in [0.4, 0.5) is 10.1 Å². The monoisotopic (exact) mass is 385 g/mol. The van der Waals surface area contributed by atoms with E-state index < -0.39 is 0 Å². The lowest BCUT2D eigenvalue weighted by molar-refractivity contribution is 0.621. The van der Waals surface area contributed by atoms with E-state index in [2.05, 4.69) is 56.2 Å². The highest BCUT2D eigenvalue weighted by molar-refractivity contribution is 9.10. The molecule has 1 nitrogen and oxygen atoms in total. The van der Waals surface area contributed by atoms with Gasteiger partial charge in [-0.2, -0.15) is 0 Å². The van der Waals surface area contributed by atoms with Crippen LogP contribution in [0.5, 0.6) is 0 Å². The fourth-order valence-electron chi connectivity index (χ4n) is 1.90. The maximum Gasteiger partial charge on any atom is 0.137 e. The van der Waals surface area contributed by atoms with E-state index in [1.165, 1.54) is 11.6 Å². The molecule has 1 unspecified atom stereocenters. The van der Waals surface area contributed by atoms with E-state index >= 15 is 0 Å². The SMILES string of the molecule is CC(Cc1ccc(Br)cc1)Nc1ccc(F)c(Br)c1. The summed E-state index contributed by atoms with van der Waals surface area (Å²) in [5.41, 5.74) is 2.18. The summed E-state index contributed by atoms with van der Waals surface area (Å²) in [4.78, 5) is 0. The molecule has 0 amide bonds. The molecule has 0 saturated heterocycles. The molecule has 0 saturated carbocycles. The molecule has 0 bridgehead atoms. The van der Waals surface area contributed by atoms with Crippen molar-refractivity contribution in [1.29, 1.82) is 0 Å². The van der Waals surface area contributed by atoms with Gasteiger partial charge < -0.3 is 5.32 Å². The highest BCUT2D eigenvalue weighted by Gasteiger charge is 2.05. The summed E-state index contributed by atoms with van der Waals surface area (Å²) in [7, 11) is 0. The molecule has 2 aromatic rings. The molecule has 4 heteroatoms. The molecule has 2 rings (SSSR count). The Morgan fingerprint density at radius 3 is 2.42 bits per heavy atom. The van der Waals surface area contributed by atoms with Gasteiger partial charge in [0.2, 0.25) is 0 Å². The molecule has 0 heterocycles. The van der Waals surface area contributed by atoms with E-state index in [1.807, 2.05) is 12.1 Å². The number of rotatable bonds is 4. The second-order valence-electron chi connectivity index (χ2n) is 4.50. The van der Waals surface area contributed by atoms with Crippen molar-refractivity contribution in [2.24, 2.45) is 0 Å². The van der Waals surface area contributed by atoms with E-state index in [0.717, 1.165) is 16.6 Å². The van der Waals surface area contributed by atoms with E-state index in [4.69, 9.17) is 0 Å². The summed E-state index contributed by atoms with van der Waals surface area (Å²) in [5.74, 6) is -0.244. The fourth-order valence-corrected chi connectivity index (χ4v) is 2.54. The molecule has 0 radical (unpaired) electrons. The van der Waals surface area contributed by atoms with Crippen molar-refractivity contribution < 1.29 is 4.39 Å². The predicted octanol–water partition coefficient (Wildman–Crippen LogP) is 5.39. The quantitative estimate of drug-likeness (QED) is 0.742. The van der Waals surface area contributed by atoms with Crippen LogP contribution < -0.4 is 5.32 Å². The zero-order chi connectivity index (χ0) is 13.8. The third-order valence-electron chi connectivity index (χ3n) is 2.79. The Balaban J connectivity index is 1.98. The Hall–Kier alpha value is -0.870. The molecular weight excluding hydrogens is 373 g/mol. The molecular formula is C15H14Br2FN. The van der Waals surface area contributed by atoms with Crippen LogP contribution in [0.15, 0.2) is 51.4 Å². The zero-order valence-corrected chi connectivity index (χ0v) is 13.6. The number of nitrogens with one attached hydrogen (secondary N) is 1. The average molecular weight is 387 g/mol. The van der Waals surface area contributed by atoms with E-state index in [1.54, 1.807) is 12.1 Å². The van der Waals surface area contributed by atoms with Crippen LogP contribution in [0.2, 0.25) is 0 Å². The molecule has 2 aromatic carbocycles. The molecule has 0 aliphatic rings. The number of hydrogen-bond acceptors (Lipinski definition) is 1. The summed E-state index contributed by atoms with van der Waals surface area (Å²) >= 11 is 6.61. The van der Waals surface area contributed by atoms with Crippen molar-refractivity contribution in [3.05, 3.63) is 62.8 Å². The topological polar surface area (TPSA) is 12.0 Å². The van der Waals surface area contributed by atoms with Crippen LogP contribution in [-0.4, -0.2) is 6.04 Å². The maximum absolute atomic E-state index is 13.1. The van der Waals surface area contributed by atoms with E-state index in [-0.39, 0.29) is 11.9 Å². The van der Waals surface area contributed by atoms with Crippen molar-refractivity contribution in [3.63, 3.8) is 0 Å². The highest BCUT2D eigenvalue weighted by atomic mass is 79.9. The third-order valence-corrected chi connectivity index (χ3v) is 3.92. The van der Waals surface area contributed by atoms with Crippen molar-refractivity contribution in [2.75, 3.05) is 5.32 Å². The van der Waals surface area contributed by atoms with Gasteiger partial charge in [-0.15, -0.1) is 0 Å². The minimum Gasteiger partial charge on any atom is -0.382 e. The molecule has 0 aliphatic carbocycles. The molecule has 0 aliphatic heterocycles. The first-order valence-electron chi connectivity index (χ1n) is 6.00. The van der Waals surface area contributed by atoms with Crippen LogP contribution >= 0.6 is 31.9 Å². The molecule has 0 fully saturated rings. The number of benzene rings is 2. The Morgan fingerprint density at radius 2 is 1.79 bits per heavy atom. The normalized spacial score (nSPS) is 12.2. The molecule has 1 atom stereocenters. The van der Waals surface area contributed by atoms with Gasteiger partial charge in [0.25, 0.3) is 0 Å². The van der Waals surface area contributed by atoms with Crippen LogP contribution in [-0.2, 0) is 6.42 Å². The summed E-state index contributed by atoms with van der Waals surface area (Å²) in [5, 5.41) is 3.36. The van der Waals surface area contributed by atoms with Crippen molar-refractivity contribution in [1.82, 2.24) is 0 Å². The zero-order valence-electron chi connectivity index (χ0n) is 10.5. The van der Waals surface area contributed by atoms with Crippen LogP contribution in [0, 0.1) is 5.82 Å². The van der Waals surface area contributed by atoms with Crippen LogP contribution in [0.3, 0.4) is 0 Å². The van der Waals surface area contributed by atoms with E-state index in [9.17, 15) is 4.39 Å². The van der Waals surface area contributed by atoms with Crippen molar-refractivity contribution >= 4 is 37.5 Å². The van der Waals surface area contributed by atoms with Gasteiger partial charge in [-0.25, -0.2) is 4.39 Å². The van der Waals surface area contributed by atoms with E-state index in [0.29, 0.717) is 4.47 Å². The minimum atomic E-state index is -0.244. The van der Waals surface area contributed by atoms with Gasteiger partial charge in [0.05, 0.1) is 4.47 Å². The third kappa shape index (κ3) is 4.32. The summed E-state index contributed by atoms with van der Waals surface area (Å²) < 4.78 is 14.7. The standard InChI is InChI=1S/C15H14Br2FN/c1-10(8-11-2-4-12(16)5-3-11)19-13-6-7-15(18)14(17)9-13/h2-7,9-10,19H,8H2,1H3. The predicted molar refractivity (Wildman–Crippen MR) is 85.0 cm³/mol. The number of anilines is 1. The van der Waals surface area contributed by atoms with Crippen LogP contribution in [0.1, 0.15) is 12.5 Å². The lowest BCUT2D eigenvalue weighted by Crippen LogP contribution is -2.18. The van der Waals surface area contributed by atoms with Gasteiger partial charge in [-0.1, -0.05) is 28.1 Å². The second-order valence-corrected chi connectivity index (χ2v) is 6.27. The van der Waals surface area contributed by atoms with Gasteiger partial charge in [0.1, 0.15) is 5.82 Å². The average Bonchev–Trinajstić information content (AvgIpc) is 2.37. The Labute approximate surface area is 129 Å². The van der Waals surface area contributed by atoms with Gasteiger partial charge in [0, 0.05) is 16.2 Å². The van der Waals surface area contributed by atoms with Crippen molar-refractivity contribution in [3.8, 4) is 0 Å². The van der Waals surface area contributed by atoms with Crippen LogP contribution in [0.25, 0.3) is 0 Å². The summed E-state index contributed by atoms with van der Waals surface area (Å²) in [6.45, 7) is 2.11. The lowest BCUT2D eigenvalue weighted by atomic mass is 10.1. The first kappa shape index (κ1) is 14.5. The lowest BCUT2D eigenvalue weighted by Gasteiger charge is -2.15. The highest BCUT2D eigenvalue weighted by Crippen LogP contribution is 2.21. The Morgan fingerprint density at radius 1 is 1.11 bits per heavy atom. The van der Waals surface area contributed by atoms with Gasteiger partial charge in [-0.05, 0) is 65.2 Å². The first-order chi connectivity index (χ1) is 9.04. The van der Waals surface area contributed by atoms with Gasteiger partial charge in [0.15, 0.2) is 0 Å². The Kier molecular flexibility index (Phi) is 4.99. The molecule has 0 aromatic heterocycles. The fraction of sp³-hybridized carbons (Fsp3) is 0.200. The smallest absolute Gasteiger partial charge is 0.137 e. The summed E-state index contributed by atoms with van der Waals surface area (Å²) in [6, 6.07) is 13.5. The molecule has 19 heavy (non-hydrogen) atoms. The van der Waals surface area contributed by atoms with Crippen molar-refractivity contribution in [2.45, 2.75) is 19.4 Å². The minimum absolute atomic E-state index is 0.244. The molecule has 0 spiro atoms. The Bertz CT molecular complexity index is 555. The maximum atomic E-state index is 13.1. The molecule has 100 valence electrons. The second kappa shape index (κ2) is 6.53. The molecule has 1 N–H and O–H groups in total. The van der Waals surface area contributed by atoms with Gasteiger partial charge >= 0.3 is 0 Å².